The van der Waals surface area contributed by atoms with Gasteiger partial charge in [-0.25, -0.2) is 9.67 Å². The first-order valence-electron chi connectivity index (χ1n) is 7.16. The van der Waals surface area contributed by atoms with E-state index >= 15 is 0 Å². The Balaban J connectivity index is 2.15. The molecule has 1 aromatic carbocycles. The molecular weight excluding hydrogens is 248 g/mol. The van der Waals surface area contributed by atoms with Crippen LogP contribution in [-0.4, -0.2) is 14.8 Å². The zero-order chi connectivity index (χ0) is 14.7. The highest BCUT2D eigenvalue weighted by Crippen LogP contribution is 2.18. The Hall–Kier alpha value is -1.68. The van der Waals surface area contributed by atoms with E-state index in [2.05, 4.69) is 56.0 Å². The smallest absolute Gasteiger partial charge is 0.138 e. The zero-order valence-corrected chi connectivity index (χ0v) is 12.8. The number of rotatable bonds is 5. The Bertz CT molecular complexity index is 551. The van der Waals surface area contributed by atoms with E-state index in [1.165, 1.54) is 16.7 Å². The van der Waals surface area contributed by atoms with Crippen molar-refractivity contribution >= 4 is 0 Å². The van der Waals surface area contributed by atoms with Gasteiger partial charge in [0.1, 0.15) is 12.2 Å². The molecule has 4 nitrogen and oxygen atoms in total. The molecule has 2 rings (SSSR count). The molecule has 0 spiro atoms. The molecule has 1 unspecified atom stereocenters. The summed E-state index contributed by atoms with van der Waals surface area (Å²) in [5.41, 5.74) is 10.0. The fraction of sp³-hybridized carbons (Fsp3) is 0.500. The maximum absolute atomic E-state index is 6.34. The summed E-state index contributed by atoms with van der Waals surface area (Å²) in [6, 6.07) is 6.43. The highest BCUT2D eigenvalue weighted by Gasteiger charge is 2.13. The minimum Gasteiger partial charge on any atom is -0.324 e. The number of nitrogens with zero attached hydrogens (tertiary/aromatic N) is 3. The van der Waals surface area contributed by atoms with Crippen molar-refractivity contribution in [2.24, 2.45) is 11.7 Å². The van der Waals surface area contributed by atoms with Crippen molar-refractivity contribution in [3.8, 4) is 0 Å². The molecule has 108 valence electrons. The van der Waals surface area contributed by atoms with Crippen LogP contribution in [-0.2, 0) is 13.0 Å². The van der Waals surface area contributed by atoms with E-state index in [9.17, 15) is 0 Å². The molecule has 4 heteroatoms. The van der Waals surface area contributed by atoms with E-state index in [1.807, 2.05) is 4.68 Å². The summed E-state index contributed by atoms with van der Waals surface area (Å²) < 4.78 is 1.97. The predicted molar refractivity (Wildman–Crippen MR) is 81.4 cm³/mol. The van der Waals surface area contributed by atoms with Crippen LogP contribution < -0.4 is 5.73 Å². The van der Waals surface area contributed by atoms with Crippen molar-refractivity contribution in [3.05, 3.63) is 47.0 Å². The summed E-state index contributed by atoms with van der Waals surface area (Å²) in [7, 11) is 0. The number of aromatic nitrogens is 3. The molecule has 0 fully saturated rings. The van der Waals surface area contributed by atoms with Gasteiger partial charge in [-0.2, -0.15) is 5.10 Å². The molecule has 0 saturated carbocycles. The van der Waals surface area contributed by atoms with E-state index in [1.54, 1.807) is 6.33 Å². The lowest BCUT2D eigenvalue weighted by molar-refractivity contribution is 0.459. The largest absolute Gasteiger partial charge is 0.324 e. The van der Waals surface area contributed by atoms with Crippen molar-refractivity contribution in [2.45, 2.75) is 46.7 Å². The lowest BCUT2D eigenvalue weighted by atomic mass is 9.99. The molecule has 0 amide bonds. The average Bonchev–Trinajstić information content (AvgIpc) is 2.74. The molecule has 0 aliphatic heterocycles. The molecule has 1 atom stereocenters. The Morgan fingerprint density at radius 2 is 1.80 bits per heavy atom. The zero-order valence-electron chi connectivity index (χ0n) is 12.8. The third-order valence-corrected chi connectivity index (χ3v) is 3.31. The number of hydrogen-bond acceptors (Lipinski definition) is 3. The van der Waals surface area contributed by atoms with Crippen LogP contribution in [0.15, 0.2) is 24.5 Å². The first-order chi connectivity index (χ1) is 9.45. The molecule has 2 aromatic rings. The summed E-state index contributed by atoms with van der Waals surface area (Å²) in [6.45, 7) is 9.44. The third-order valence-electron chi connectivity index (χ3n) is 3.31. The van der Waals surface area contributed by atoms with Gasteiger partial charge in [0.25, 0.3) is 0 Å². The molecule has 20 heavy (non-hydrogen) atoms. The monoisotopic (exact) mass is 272 g/mol. The summed E-state index contributed by atoms with van der Waals surface area (Å²) in [4.78, 5) is 4.35. The summed E-state index contributed by atoms with van der Waals surface area (Å²) in [5, 5.41) is 4.29. The maximum atomic E-state index is 6.34. The predicted octanol–water partition coefficient (Wildman–Crippen LogP) is 2.79. The van der Waals surface area contributed by atoms with Gasteiger partial charge in [0.2, 0.25) is 0 Å². The summed E-state index contributed by atoms with van der Waals surface area (Å²) in [5.74, 6) is 1.51. The van der Waals surface area contributed by atoms with Crippen LogP contribution in [0.3, 0.4) is 0 Å². The van der Waals surface area contributed by atoms with Gasteiger partial charge in [0.15, 0.2) is 0 Å². The Kier molecular flexibility index (Phi) is 4.55. The van der Waals surface area contributed by atoms with E-state index in [0.717, 1.165) is 18.8 Å². The van der Waals surface area contributed by atoms with Gasteiger partial charge in [-0.1, -0.05) is 43.2 Å². The van der Waals surface area contributed by atoms with Crippen molar-refractivity contribution in [1.29, 1.82) is 0 Å². The molecule has 2 N–H and O–H groups in total. The second kappa shape index (κ2) is 6.18. The Labute approximate surface area is 121 Å². The van der Waals surface area contributed by atoms with Gasteiger partial charge < -0.3 is 5.73 Å². The minimum atomic E-state index is -0.0382. The third kappa shape index (κ3) is 3.67. The van der Waals surface area contributed by atoms with Crippen LogP contribution in [0.2, 0.25) is 0 Å². The van der Waals surface area contributed by atoms with Crippen LogP contribution >= 0.6 is 0 Å². The number of aryl methyl sites for hydroxylation is 2. The van der Waals surface area contributed by atoms with Crippen molar-refractivity contribution in [3.63, 3.8) is 0 Å². The van der Waals surface area contributed by atoms with Crippen LogP contribution in [0.25, 0.3) is 0 Å². The fourth-order valence-electron chi connectivity index (χ4n) is 2.48. The minimum absolute atomic E-state index is 0.0382. The van der Waals surface area contributed by atoms with Crippen LogP contribution in [0.1, 0.15) is 42.4 Å². The van der Waals surface area contributed by atoms with Gasteiger partial charge in [-0.05, 0) is 25.3 Å². The van der Waals surface area contributed by atoms with Gasteiger partial charge in [0, 0.05) is 19.0 Å². The second-order valence-electron chi connectivity index (χ2n) is 5.98. The normalized spacial score (nSPS) is 12.9. The molecule has 0 bridgehead atoms. The fourth-order valence-corrected chi connectivity index (χ4v) is 2.48. The molecular formula is C16H24N4. The number of benzene rings is 1. The topological polar surface area (TPSA) is 56.7 Å². The Morgan fingerprint density at radius 1 is 1.15 bits per heavy atom. The van der Waals surface area contributed by atoms with Crippen molar-refractivity contribution in [1.82, 2.24) is 14.8 Å². The molecule has 0 saturated heterocycles. The lowest BCUT2D eigenvalue weighted by Crippen LogP contribution is -2.18. The summed E-state index contributed by atoms with van der Waals surface area (Å²) >= 11 is 0. The van der Waals surface area contributed by atoms with E-state index in [4.69, 9.17) is 5.73 Å². The first kappa shape index (κ1) is 14.7. The molecule has 1 heterocycles. The standard InChI is InChI=1S/C16H24N4/c1-11(2)9-20-16(18-10-19-20)8-15(17)14-6-12(3)5-13(4)7-14/h5-7,10-11,15H,8-9,17H2,1-4H3. The van der Waals surface area contributed by atoms with Gasteiger partial charge in [0.05, 0.1) is 0 Å². The lowest BCUT2D eigenvalue weighted by Gasteiger charge is -2.15. The number of hydrogen-bond donors (Lipinski definition) is 1. The van der Waals surface area contributed by atoms with E-state index < -0.39 is 0 Å². The first-order valence-corrected chi connectivity index (χ1v) is 7.16. The second-order valence-corrected chi connectivity index (χ2v) is 5.98. The number of nitrogens with two attached hydrogens (primary N) is 1. The van der Waals surface area contributed by atoms with Gasteiger partial charge in [-0.3, -0.25) is 0 Å². The Morgan fingerprint density at radius 3 is 2.40 bits per heavy atom. The molecule has 0 aliphatic carbocycles. The molecule has 0 aliphatic rings. The van der Waals surface area contributed by atoms with E-state index in [-0.39, 0.29) is 6.04 Å². The molecule has 0 radical (unpaired) electrons. The van der Waals surface area contributed by atoms with Crippen LogP contribution in [0.4, 0.5) is 0 Å². The van der Waals surface area contributed by atoms with Gasteiger partial charge >= 0.3 is 0 Å². The van der Waals surface area contributed by atoms with Gasteiger partial charge in [-0.15, -0.1) is 0 Å². The van der Waals surface area contributed by atoms with Crippen molar-refractivity contribution in [2.75, 3.05) is 0 Å². The maximum Gasteiger partial charge on any atom is 0.138 e. The van der Waals surface area contributed by atoms with Crippen LogP contribution in [0.5, 0.6) is 0 Å². The quantitative estimate of drug-likeness (QED) is 0.910. The average molecular weight is 272 g/mol. The van der Waals surface area contributed by atoms with Crippen LogP contribution in [0, 0.1) is 19.8 Å². The highest BCUT2D eigenvalue weighted by atomic mass is 15.3. The summed E-state index contributed by atoms with van der Waals surface area (Å²) in [6.07, 6.45) is 2.33. The highest BCUT2D eigenvalue weighted by molar-refractivity contribution is 5.30. The van der Waals surface area contributed by atoms with E-state index in [0.29, 0.717) is 5.92 Å². The SMILES string of the molecule is Cc1cc(C)cc(C(N)Cc2ncnn2CC(C)C)c1. The van der Waals surface area contributed by atoms with Crippen molar-refractivity contribution < 1.29 is 0 Å². The molecule has 1 aromatic heterocycles.